The Hall–Kier alpha value is -2.44. The largest absolute Gasteiger partial charge is 0.508 e. The Kier molecular flexibility index (Phi) is 4.21. The van der Waals surface area contributed by atoms with E-state index in [2.05, 4.69) is 10.3 Å². The molecule has 0 bridgehead atoms. The molecule has 5 nitrogen and oxygen atoms in total. The van der Waals surface area contributed by atoms with Gasteiger partial charge in [0.15, 0.2) is 0 Å². The highest BCUT2D eigenvalue weighted by Gasteiger charge is 2.17. The minimum absolute atomic E-state index is 0.0430. The van der Waals surface area contributed by atoms with E-state index < -0.39 is 12.3 Å². The zero-order chi connectivity index (χ0) is 15.6. The maximum Gasteiger partial charge on any atom is 0.280 e. The lowest BCUT2D eigenvalue weighted by molar-refractivity contribution is 0.102. The third kappa shape index (κ3) is 3.01. The molecule has 0 saturated heterocycles. The van der Waals surface area contributed by atoms with Gasteiger partial charge in [0.1, 0.15) is 11.4 Å². The van der Waals surface area contributed by atoms with Crippen molar-refractivity contribution in [3.63, 3.8) is 0 Å². The van der Waals surface area contributed by atoms with Crippen molar-refractivity contribution in [2.24, 2.45) is 7.05 Å². The Morgan fingerprint density at radius 3 is 2.76 bits per heavy atom. The third-order valence-electron chi connectivity index (χ3n) is 3.20. The first-order valence-corrected chi connectivity index (χ1v) is 6.37. The maximum atomic E-state index is 12.6. The van der Waals surface area contributed by atoms with Crippen LogP contribution in [0.15, 0.2) is 24.4 Å². The second kappa shape index (κ2) is 5.90. The van der Waals surface area contributed by atoms with Crippen molar-refractivity contribution in [2.45, 2.75) is 19.8 Å². The molecule has 112 valence electrons. The Morgan fingerprint density at radius 1 is 1.48 bits per heavy atom. The highest BCUT2D eigenvalue weighted by molar-refractivity contribution is 6.03. The molecule has 0 unspecified atom stereocenters. The Bertz CT molecular complexity index is 668. The molecule has 0 saturated carbocycles. The number of carbonyl (C=O) groups is 1. The van der Waals surface area contributed by atoms with Gasteiger partial charge < -0.3 is 9.67 Å². The Labute approximate surface area is 120 Å². The quantitative estimate of drug-likeness (QED) is 0.911. The summed E-state index contributed by atoms with van der Waals surface area (Å²) in [4.78, 5) is 15.9. The van der Waals surface area contributed by atoms with Gasteiger partial charge in [-0.1, -0.05) is 6.92 Å². The second-order valence-electron chi connectivity index (χ2n) is 4.52. The standard InChI is InChI=1S/C14H15F2N3O2/c1-3-8-6-9(4-5-11(8)20)13(21)18-14-17-7-10(12(15)16)19(14)2/h4-7,12,20H,3H2,1-2H3,(H,17,18,21). The summed E-state index contributed by atoms with van der Waals surface area (Å²) in [7, 11) is 1.40. The first kappa shape index (κ1) is 15.0. The molecule has 2 rings (SSSR count). The summed E-state index contributed by atoms with van der Waals surface area (Å²) < 4.78 is 26.4. The predicted molar refractivity (Wildman–Crippen MR) is 73.6 cm³/mol. The highest BCUT2D eigenvalue weighted by Crippen LogP contribution is 2.22. The SMILES string of the molecule is CCc1cc(C(=O)Nc2ncc(C(F)F)n2C)ccc1O. The zero-order valence-corrected chi connectivity index (χ0v) is 11.6. The van der Waals surface area contributed by atoms with Crippen LogP contribution in [0.2, 0.25) is 0 Å². The van der Waals surface area contributed by atoms with Crippen molar-refractivity contribution in [1.29, 1.82) is 0 Å². The van der Waals surface area contributed by atoms with Crippen molar-refractivity contribution in [2.75, 3.05) is 5.32 Å². The molecule has 1 amide bonds. The summed E-state index contributed by atoms with van der Waals surface area (Å²) in [6.07, 6.45) is -1.06. The normalized spacial score (nSPS) is 10.9. The average Bonchev–Trinajstić information content (AvgIpc) is 2.80. The molecule has 0 fully saturated rings. The number of amides is 1. The van der Waals surface area contributed by atoms with Crippen molar-refractivity contribution < 1.29 is 18.7 Å². The Morgan fingerprint density at radius 2 is 2.19 bits per heavy atom. The fraction of sp³-hybridized carbons (Fsp3) is 0.286. The lowest BCUT2D eigenvalue weighted by atomic mass is 10.1. The van der Waals surface area contributed by atoms with Gasteiger partial charge in [-0.15, -0.1) is 0 Å². The number of benzene rings is 1. The number of hydrogen-bond acceptors (Lipinski definition) is 3. The molecule has 0 aliphatic carbocycles. The molecule has 21 heavy (non-hydrogen) atoms. The number of aromatic nitrogens is 2. The predicted octanol–water partition coefficient (Wildman–Crippen LogP) is 2.88. The number of nitrogens with one attached hydrogen (secondary N) is 1. The molecule has 0 aliphatic rings. The number of alkyl halides is 2. The number of imidazole rings is 1. The van der Waals surface area contributed by atoms with E-state index >= 15 is 0 Å². The van der Waals surface area contributed by atoms with E-state index in [1.165, 1.54) is 19.2 Å². The summed E-state index contributed by atoms with van der Waals surface area (Å²) in [6.45, 7) is 1.85. The topological polar surface area (TPSA) is 67.2 Å². The highest BCUT2D eigenvalue weighted by atomic mass is 19.3. The molecule has 1 aromatic carbocycles. The number of phenolic OH excluding ortho intramolecular Hbond substituents is 1. The van der Waals surface area contributed by atoms with Gasteiger partial charge in [-0.2, -0.15) is 0 Å². The van der Waals surface area contributed by atoms with E-state index in [4.69, 9.17) is 0 Å². The van der Waals surface area contributed by atoms with Crippen LogP contribution in [0.1, 0.15) is 35.0 Å². The van der Waals surface area contributed by atoms with Crippen LogP contribution in [-0.2, 0) is 13.5 Å². The van der Waals surface area contributed by atoms with Gasteiger partial charge in [-0.3, -0.25) is 10.1 Å². The van der Waals surface area contributed by atoms with Gasteiger partial charge in [0.05, 0.1) is 6.20 Å². The number of carbonyl (C=O) groups excluding carboxylic acids is 1. The molecular formula is C14H15F2N3O2. The lowest BCUT2D eigenvalue weighted by Gasteiger charge is -2.08. The van der Waals surface area contributed by atoms with Crippen molar-refractivity contribution >= 4 is 11.9 Å². The van der Waals surface area contributed by atoms with Gasteiger partial charge >= 0.3 is 0 Å². The molecule has 1 aromatic heterocycles. The Balaban J connectivity index is 2.22. The molecule has 0 aliphatic heterocycles. The van der Waals surface area contributed by atoms with Crippen LogP contribution in [0, 0.1) is 0 Å². The van der Waals surface area contributed by atoms with Crippen LogP contribution in [0.25, 0.3) is 0 Å². The first-order valence-electron chi connectivity index (χ1n) is 6.37. The number of aryl methyl sites for hydroxylation is 1. The molecular weight excluding hydrogens is 280 g/mol. The molecule has 0 spiro atoms. The van der Waals surface area contributed by atoms with Crippen molar-refractivity contribution in [1.82, 2.24) is 9.55 Å². The van der Waals surface area contributed by atoms with E-state index in [1.54, 1.807) is 6.07 Å². The van der Waals surface area contributed by atoms with Crippen molar-refractivity contribution in [3.05, 3.63) is 41.2 Å². The number of hydrogen-bond donors (Lipinski definition) is 2. The minimum atomic E-state index is -2.66. The number of halogens is 2. The summed E-state index contributed by atoms with van der Waals surface area (Å²) in [5.41, 5.74) is 0.687. The molecule has 7 heteroatoms. The van der Waals surface area contributed by atoms with Gasteiger partial charge in [-0.25, -0.2) is 13.8 Å². The monoisotopic (exact) mass is 295 g/mol. The molecule has 2 aromatic rings. The van der Waals surface area contributed by atoms with E-state index in [9.17, 15) is 18.7 Å². The lowest BCUT2D eigenvalue weighted by Crippen LogP contribution is -2.15. The van der Waals surface area contributed by atoms with Gasteiger partial charge in [0.25, 0.3) is 12.3 Å². The van der Waals surface area contributed by atoms with Gasteiger partial charge in [0.2, 0.25) is 5.95 Å². The summed E-state index contributed by atoms with van der Waals surface area (Å²) >= 11 is 0. The van der Waals surface area contributed by atoms with Crippen molar-refractivity contribution in [3.8, 4) is 5.75 Å². The van der Waals surface area contributed by atoms with E-state index in [0.29, 0.717) is 17.5 Å². The number of nitrogens with zero attached hydrogens (tertiary/aromatic N) is 2. The molecule has 2 N–H and O–H groups in total. The number of aromatic hydroxyl groups is 1. The molecule has 0 atom stereocenters. The fourth-order valence-electron chi connectivity index (χ4n) is 1.93. The van der Waals surface area contributed by atoms with Crippen LogP contribution >= 0.6 is 0 Å². The minimum Gasteiger partial charge on any atom is -0.508 e. The summed E-state index contributed by atoms with van der Waals surface area (Å²) in [6, 6.07) is 4.44. The fourth-order valence-corrected chi connectivity index (χ4v) is 1.93. The van der Waals surface area contributed by atoms with E-state index in [-0.39, 0.29) is 17.4 Å². The van der Waals surface area contributed by atoms with Gasteiger partial charge in [-0.05, 0) is 30.2 Å². The smallest absolute Gasteiger partial charge is 0.280 e. The van der Waals surface area contributed by atoms with Gasteiger partial charge in [0, 0.05) is 12.6 Å². The number of phenols is 1. The van der Waals surface area contributed by atoms with Crippen LogP contribution in [-0.4, -0.2) is 20.6 Å². The number of rotatable bonds is 4. The first-order chi connectivity index (χ1) is 9.93. The van der Waals surface area contributed by atoms with E-state index in [0.717, 1.165) is 10.8 Å². The third-order valence-corrected chi connectivity index (χ3v) is 3.20. The second-order valence-corrected chi connectivity index (χ2v) is 4.52. The zero-order valence-electron chi connectivity index (χ0n) is 11.6. The number of anilines is 1. The maximum absolute atomic E-state index is 12.6. The van der Waals surface area contributed by atoms with Crippen LogP contribution < -0.4 is 5.32 Å². The van der Waals surface area contributed by atoms with Crippen LogP contribution in [0.5, 0.6) is 5.75 Å². The summed E-state index contributed by atoms with van der Waals surface area (Å²) in [5.74, 6) is -0.313. The molecule has 0 radical (unpaired) electrons. The van der Waals surface area contributed by atoms with Crippen LogP contribution in [0.4, 0.5) is 14.7 Å². The average molecular weight is 295 g/mol. The summed E-state index contributed by atoms with van der Waals surface area (Å²) in [5, 5.41) is 12.1. The van der Waals surface area contributed by atoms with Crippen LogP contribution in [0.3, 0.4) is 0 Å². The van der Waals surface area contributed by atoms with E-state index in [1.807, 2.05) is 6.92 Å². The molecule has 1 heterocycles.